The first-order valence-electron chi connectivity index (χ1n) is 19.9. The highest BCUT2D eigenvalue weighted by Crippen LogP contribution is 2.22. The third-order valence-electron chi connectivity index (χ3n) is 9.97. The Hall–Kier alpha value is -4.24. The molecule has 2 heterocycles. The smallest absolute Gasteiger partial charge is 0.329 e. The molecule has 55 heavy (non-hydrogen) atoms. The monoisotopic (exact) mass is 778 g/mol. The number of rotatable bonds is 11. The molecule has 0 aromatic rings. The van der Waals surface area contributed by atoms with E-state index >= 15 is 0 Å². The zero-order valence-corrected chi connectivity index (χ0v) is 34.9. The summed E-state index contributed by atoms with van der Waals surface area (Å²) >= 11 is 0. The lowest BCUT2D eigenvalue weighted by Crippen LogP contribution is -2.62. The maximum absolute atomic E-state index is 14.3. The van der Waals surface area contributed by atoms with Crippen molar-refractivity contribution in [2.75, 3.05) is 6.54 Å². The van der Waals surface area contributed by atoms with E-state index < -0.39 is 108 Å². The lowest BCUT2D eigenvalue weighted by atomic mass is 9.98. The highest BCUT2D eigenvalue weighted by molar-refractivity contribution is 5.98. The highest BCUT2D eigenvalue weighted by Gasteiger charge is 2.43. The second-order valence-electron chi connectivity index (χ2n) is 16.7. The van der Waals surface area contributed by atoms with Gasteiger partial charge in [0.25, 0.3) is 0 Å². The predicted octanol–water partition coefficient (Wildman–Crippen LogP) is 1.30. The Bertz CT molecular complexity index is 1400. The first-order chi connectivity index (χ1) is 25.6. The summed E-state index contributed by atoms with van der Waals surface area (Å²) in [6.07, 6.45) is 0.418. The van der Waals surface area contributed by atoms with Crippen LogP contribution in [-0.4, -0.2) is 107 Å². The fraction of sp³-hybridized carbons (Fsp3) is 0.795. The molecule has 0 spiro atoms. The maximum atomic E-state index is 14.3. The average Bonchev–Trinajstić information content (AvgIpc) is 3.57. The highest BCUT2D eigenvalue weighted by atomic mass is 16.5. The Kier molecular flexibility index (Phi) is 18.1. The van der Waals surface area contributed by atoms with Gasteiger partial charge in [0.1, 0.15) is 48.4 Å². The maximum Gasteiger partial charge on any atom is 0.329 e. The SMILES string of the molecule is CCCC(=O)NC(C(=O)NC1C(=O)NC(CC(C)C)C(=O)N2CCCC2C(=O)NC(C(C)C)C(=O)NC(C(C)C)C(=O)NC(C(C)C)C(=O)OC1C)C(C)C. The molecule has 0 saturated carbocycles. The van der Waals surface area contributed by atoms with E-state index in [2.05, 4.69) is 31.9 Å². The van der Waals surface area contributed by atoms with Crippen LogP contribution in [0, 0.1) is 29.6 Å². The molecule has 6 N–H and O–H groups in total. The zero-order chi connectivity index (χ0) is 41.9. The number of esters is 1. The summed E-state index contributed by atoms with van der Waals surface area (Å²) < 4.78 is 5.82. The van der Waals surface area contributed by atoms with Gasteiger partial charge in [-0.2, -0.15) is 0 Å². The topological polar surface area (TPSA) is 221 Å². The fourth-order valence-electron chi connectivity index (χ4n) is 6.73. The molecule has 2 saturated heterocycles. The van der Waals surface area contributed by atoms with Crippen molar-refractivity contribution in [2.24, 2.45) is 29.6 Å². The van der Waals surface area contributed by atoms with Crippen molar-refractivity contribution < 1.29 is 43.1 Å². The second kappa shape index (κ2) is 21.2. The van der Waals surface area contributed by atoms with E-state index in [0.29, 0.717) is 19.3 Å². The number of cyclic esters (lactones) is 1. The van der Waals surface area contributed by atoms with E-state index in [1.54, 1.807) is 55.4 Å². The van der Waals surface area contributed by atoms with Gasteiger partial charge in [-0.3, -0.25) is 33.6 Å². The van der Waals surface area contributed by atoms with Gasteiger partial charge in [0.15, 0.2) is 0 Å². The number of hydrogen-bond acceptors (Lipinski definition) is 9. The molecule has 312 valence electrons. The minimum atomic E-state index is -1.54. The van der Waals surface area contributed by atoms with Crippen molar-refractivity contribution >= 4 is 47.3 Å². The third kappa shape index (κ3) is 13.2. The van der Waals surface area contributed by atoms with Crippen LogP contribution in [0.1, 0.15) is 115 Å². The first-order valence-corrected chi connectivity index (χ1v) is 19.9. The largest absolute Gasteiger partial charge is 0.458 e. The van der Waals surface area contributed by atoms with Gasteiger partial charge in [0.05, 0.1) is 0 Å². The molecule has 0 aromatic heterocycles. The summed E-state index contributed by atoms with van der Waals surface area (Å²) in [7, 11) is 0. The van der Waals surface area contributed by atoms with Crippen LogP contribution in [0.3, 0.4) is 0 Å². The first kappa shape index (κ1) is 46.9. The molecule has 0 bridgehead atoms. The number of carbonyl (C=O) groups excluding carboxylic acids is 8. The van der Waals surface area contributed by atoms with E-state index in [4.69, 9.17) is 4.74 Å². The molecule has 2 aliphatic heterocycles. The average molecular weight is 778 g/mol. The molecule has 0 radical (unpaired) electrons. The van der Waals surface area contributed by atoms with Crippen molar-refractivity contribution in [1.29, 1.82) is 0 Å². The quantitative estimate of drug-likeness (QED) is 0.166. The van der Waals surface area contributed by atoms with Crippen molar-refractivity contribution in [2.45, 2.75) is 164 Å². The van der Waals surface area contributed by atoms with Crippen LogP contribution >= 0.6 is 0 Å². The molecule has 8 unspecified atom stereocenters. The van der Waals surface area contributed by atoms with Gasteiger partial charge >= 0.3 is 5.97 Å². The Balaban J connectivity index is 2.71. The standard InChI is InChI=1S/C39H67N7O9/c1-13-15-27(47)41-28(20(4)5)34(49)45-32-24(12)55-39(54)31(23(10)11)44-36(51)30(22(8)9)43-35(50)29(21(6)7)42-33(48)26-16-14-17-46(26)38(53)25(18-19(2)3)40-37(32)52/h19-26,28-32H,13-18H2,1-12H3,(H,40,52)(H,41,47)(H,42,48)(H,43,50)(H,44,51)(H,45,49). The molecule has 2 rings (SSSR count). The van der Waals surface area contributed by atoms with Crippen molar-refractivity contribution in [1.82, 2.24) is 36.8 Å². The third-order valence-corrected chi connectivity index (χ3v) is 9.97. The normalized spacial score (nSPS) is 27.1. The molecular formula is C39H67N7O9. The van der Waals surface area contributed by atoms with Crippen molar-refractivity contribution in [3.05, 3.63) is 0 Å². The summed E-state index contributed by atoms with van der Waals surface area (Å²) in [4.78, 5) is 111. The van der Waals surface area contributed by atoms with Crippen LogP contribution in [0.15, 0.2) is 0 Å². The Labute approximate surface area is 326 Å². The number of ether oxygens (including phenoxy) is 1. The van der Waals surface area contributed by atoms with E-state index in [1.165, 1.54) is 11.8 Å². The molecule has 0 aliphatic carbocycles. The van der Waals surface area contributed by atoms with Crippen LogP contribution in [0.25, 0.3) is 0 Å². The molecule has 7 amide bonds. The van der Waals surface area contributed by atoms with E-state index in [1.807, 2.05) is 20.8 Å². The number of carbonyl (C=O) groups is 8. The number of fused-ring (bicyclic) bond motifs is 1. The van der Waals surface area contributed by atoms with Crippen LogP contribution in [0.2, 0.25) is 0 Å². The Morgan fingerprint density at radius 1 is 0.764 bits per heavy atom. The van der Waals surface area contributed by atoms with Gasteiger partial charge in [-0.25, -0.2) is 4.79 Å². The van der Waals surface area contributed by atoms with E-state index in [0.717, 1.165) is 0 Å². The fourth-order valence-corrected chi connectivity index (χ4v) is 6.73. The van der Waals surface area contributed by atoms with Crippen molar-refractivity contribution in [3.8, 4) is 0 Å². The molecule has 0 aromatic carbocycles. The minimum absolute atomic E-state index is 0.0912. The summed E-state index contributed by atoms with van der Waals surface area (Å²) in [6, 6.07) is -8.02. The summed E-state index contributed by atoms with van der Waals surface area (Å²) in [5.74, 6) is -6.89. The lowest BCUT2D eigenvalue weighted by Gasteiger charge is -2.33. The van der Waals surface area contributed by atoms with Crippen LogP contribution in [0.5, 0.6) is 0 Å². The van der Waals surface area contributed by atoms with Crippen LogP contribution in [-0.2, 0) is 43.1 Å². The molecule has 8 atom stereocenters. The lowest BCUT2D eigenvalue weighted by molar-refractivity contribution is -0.157. The second-order valence-corrected chi connectivity index (χ2v) is 16.7. The number of amides is 7. The number of hydrogen-bond donors (Lipinski definition) is 6. The zero-order valence-electron chi connectivity index (χ0n) is 34.9. The molecular weight excluding hydrogens is 710 g/mol. The molecule has 2 fully saturated rings. The van der Waals surface area contributed by atoms with Gasteiger partial charge in [-0.15, -0.1) is 0 Å². The Morgan fingerprint density at radius 3 is 1.78 bits per heavy atom. The number of nitrogens with one attached hydrogen (secondary N) is 6. The van der Waals surface area contributed by atoms with Gasteiger partial charge in [0, 0.05) is 13.0 Å². The summed E-state index contributed by atoms with van der Waals surface area (Å²) in [5, 5.41) is 16.4. The summed E-state index contributed by atoms with van der Waals surface area (Å²) in [6.45, 7) is 21.0. The van der Waals surface area contributed by atoms with Gasteiger partial charge in [-0.1, -0.05) is 76.2 Å². The number of nitrogens with zero attached hydrogens (tertiary/aromatic N) is 1. The minimum Gasteiger partial charge on any atom is -0.458 e. The van der Waals surface area contributed by atoms with Crippen LogP contribution in [0.4, 0.5) is 0 Å². The molecule has 16 heteroatoms. The Morgan fingerprint density at radius 2 is 1.29 bits per heavy atom. The van der Waals surface area contributed by atoms with Gasteiger partial charge in [-0.05, 0) is 62.2 Å². The van der Waals surface area contributed by atoms with E-state index in [9.17, 15) is 38.4 Å². The summed E-state index contributed by atoms with van der Waals surface area (Å²) in [5.41, 5.74) is 0. The predicted molar refractivity (Wildman–Crippen MR) is 206 cm³/mol. The molecule has 16 nitrogen and oxygen atoms in total. The van der Waals surface area contributed by atoms with Gasteiger partial charge in [0.2, 0.25) is 41.4 Å². The van der Waals surface area contributed by atoms with E-state index in [-0.39, 0.29) is 37.1 Å². The molecule has 2 aliphatic rings. The van der Waals surface area contributed by atoms with Gasteiger partial charge < -0.3 is 41.5 Å². The van der Waals surface area contributed by atoms with Crippen LogP contribution < -0.4 is 31.9 Å². The van der Waals surface area contributed by atoms with Crippen molar-refractivity contribution in [3.63, 3.8) is 0 Å².